The summed E-state index contributed by atoms with van der Waals surface area (Å²) >= 11 is 8.84. The van der Waals surface area contributed by atoms with Gasteiger partial charge in [-0.1, -0.05) is 15.9 Å². The number of hydrogen-bond acceptors (Lipinski definition) is 2. The van der Waals surface area contributed by atoms with E-state index in [1.165, 1.54) is 0 Å². The van der Waals surface area contributed by atoms with Crippen LogP contribution >= 0.6 is 28.1 Å². The Balaban J connectivity index is 1.98. The number of nitrogens with zero attached hydrogens (tertiary/aromatic N) is 3. The van der Waals surface area contributed by atoms with Gasteiger partial charge in [0.2, 0.25) is 0 Å². The molecule has 0 radical (unpaired) electrons. The first-order valence-electron chi connectivity index (χ1n) is 5.59. The number of hydrogen-bond donors (Lipinski definition) is 1. The summed E-state index contributed by atoms with van der Waals surface area (Å²) in [7, 11) is 0. The molecule has 6 heteroatoms. The van der Waals surface area contributed by atoms with E-state index in [2.05, 4.69) is 36.6 Å². The predicted octanol–water partition coefficient (Wildman–Crippen LogP) is 3.36. The summed E-state index contributed by atoms with van der Waals surface area (Å²) in [5, 5.41) is 4.19. The van der Waals surface area contributed by atoms with Crippen molar-refractivity contribution < 1.29 is 0 Å². The largest absolute Gasteiger partial charge is 0.331 e. The number of nitrogens with one attached hydrogen (secondary N) is 1. The minimum Gasteiger partial charge on any atom is -0.331 e. The molecule has 0 spiro atoms. The number of aromatic nitrogens is 4. The minimum absolute atomic E-state index is 0.746. The second-order valence-electron chi connectivity index (χ2n) is 4.01. The second kappa shape index (κ2) is 4.70. The van der Waals surface area contributed by atoms with Gasteiger partial charge in [-0.05, 0) is 36.5 Å². The molecule has 0 aliphatic heterocycles. The summed E-state index contributed by atoms with van der Waals surface area (Å²) in [5.41, 5.74) is 2.17. The molecule has 92 valence electrons. The van der Waals surface area contributed by atoms with Gasteiger partial charge in [-0.2, -0.15) is 5.10 Å². The molecule has 0 aliphatic carbocycles. The van der Waals surface area contributed by atoms with E-state index in [0.717, 1.165) is 33.4 Å². The van der Waals surface area contributed by atoms with Crippen molar-refractivity contribution in [3.8, 4) is 0 Å². The third kappa shape index (κ3) is 2.13. The summed E-state index contributed by atoms with van der Waals surface area (Å²) in [5.74, 6) is 0. The van der Waals surface area contributed by atoms with Gasteiger partial charge in [-0.25, -0.2) is 0 Å². The minimum atomic E-state index is 0.746. The van der Waals surface area contributed by atoms with Gasteiger partial charge < -0.3 is 9.55 Å². The van der Waals surface area contributed by atoms with E-state index >= 15 is 0 Å². The van der Waals surface area contributed by atoms with Gasteiger partial charge in [0.05, 0.1) is 17.6 Å². The molecule has 0 amide bonds. The monoisotopic (exact) mass is 322 g/mol. The number of fused-ring (bicyclic) bond motifs is 1. The second-order valence-corrected chi connectivity index (χ2v) is 5.31. The summed E-state index contributed by atoms with van der Waals surface area (Å²) < 4.78 is 5.79. The molecule has 18 heavy (non-hydrogen) atoms. The van der Waals surface area contributed by atoms with Crippen LogP contribution in [0.15, 0.2) is 41.1 Å². The van der Waals surface area contributed by atoms with Gasteiger partial charge in [-0.15, -0.1) is 0 Å². The third-order valence-electron chi connectivity index (χ3n) is 2.85. The summed E-state index contributed by atoms with van der Waals surface area (Å²) in [6, 6.07) is 8.03. The summed E-state index contributed by atoms with van der Waals surface area (Å²) in [4.78, 5) is 3.21. The van der Waals surface area contributed by atoms with Gasteiger partial charge in [0.1, 0.15) is 0 Å². The van der Waals surface area contributed by atoms with E-state index in [9.17, 15) is 0 Å². The first kappa shape index (κ1) is 11.7. The number of aryl methyl sites for hydroxylation is 2. The topological polar surface area (TPSA) is 38.5 Å². The Bertz CT molecular complexity index is 726. The normalized spacial score (nSPS) is 11.2. The molecule has 0 saturated heterocycles. The number of aromatic amines is 1. The number of H-pyrrole nitrogens is 1. The van der Waals surface area contributed by atoms with Crippen molar-refractivity contribution in [2.45, 2.75) is 13.1 Å². The molecule has 0 fully saturated rings. The van der Waals surface area contributed by atoms with Crippen molar-refractivity contribution in [3.63, 3.8) is 0 Å². The Morgan fingerprint density at radius 1 is 1.33 bits per heavy atom. The SMILES string of the molecule is S=c1[nH]c2ccc(Br)cc2n1CCn1cccn1. The number of benzene rings is 1. The van der Waals surface area contributed by atoms with E-state index in [4.69, 9.17) is 12.2 Å². The maximum Gasteiger partial charge on any atom is 0.178 e. The van der Waals surface area contributed by atoms with Crippen molar-refractivity contribution in [1.82, 2.24) is 19.3 Å². The van der Waals surface area contributed by atoms with E-state index < -0.39 is 0 Å². The standard InChI is InChI=1S/C12H11BrN4S/c13-9-2-3-10-11(8-9)17(12(18)15-10)7-6-16-5-1-4-14-16/h1-5,8H,6-7H2,(H,15,18). The van der Waals surface area contributed by atoms with E-state index in [1.54, 1.807) is 6.20 Å². The molecule has 0 unspecified atom stereocenters. The molecular weight excluding hydrogens is 312 g/mol. The van der Waals surface area contributed by atoms with E-state index in [0.29, 0.717) is 0 Å². The highest BCUT2D eigenvalue weighted by Crippen LogP contribution is 2.19. The van der Waals surface area contributed by atoms with Crippen molar-refractivity contribution in [3.05, 3.63) is 45.9 Å². The van der Waals surface area contributed by atoms with Crippen LogP contribution in [0.25, 0.3) is 11.0 Å². The van der Waals surface area contributed by atoms with Crippen molar-refractivity contribution >= 4 is 39.2 Å². The first-order valence-corrected chi connectivity index (χ1v) is 6.80. The summed E-state index contributed by atoms with van der Waals surface area (Å²) in [6.07, 6.45) is 3.74. The lowest BCUT2D eigenvalue weighted by Gasteiger charge is -2.05. The number of imidazole rings is 1. The van der Waals surface area contributed by atoms with Crippen LogP contribution in [0.1, 0.15) is 0 Å². The number of halogens is 1. The molecule has 2 aromatic heterocycles. The highest BCUT2D eigenvalue weighted by molar-refractivity contribution is 9.10. The molecule has 2 heterocycles. The van der Waals surface area contributed by atoms with Gasteiger partial charge in [-0.3, -0.25) is 4.68 Å². The first-order chi connectivity index (χ1) is 8.74. The molecule has 4 nitrogen and oxygen atoms in total. The molecule has 0 atom stereocenters. The van der Waals surface area contributed by atoms with E-state index in [1.807, 2.05) is 29.1 Å². The van der Waals surface area contributed by atoms with Crippen LogP contribution in [0.4, 0.5) is 0 Å². The molecule has 3 aromatic rings. The van der Waals surface area contributed by atoms with Crippen LogP contribution in [-0.4, -0.2) is 19.3 Å². The van der Waals surface area contributed by atoms with Crippen LogP contribution in [0.3, 0.4) is 0 Å². The Morgan fingerprint density at radius 2 is 2.22 bits per heavy atom. The maximum atomic E-state index is 5.35. The lowest BCUT2D eigenvalue weighted by atomic mass is 10.3. The molecule has 3 rings (SSSR count). The Labute approximate surface area is 117 Å². The van der Waals surface area contributed by atoms with Crippen molar-refractivity contribution in [2.75, 3.05) is 0 Å². The smallest absolute Gasteiger partial charge is 0.178 e. The van der Waals surface area contributed by atoms with Crippen molar-refractivity contribution in [1.29, 1.82) is 0 Å². The molecular formula is C12H11BrN4S. The average Bonchev–Trinajstić information content (AvgIpc) is 2.94. The lowest BCUT2D eigenvalue weighted by molar-refractivity contribution is 0.538. The van der Waals surface area contributed by atoms with Crippen molar-refractivity contribution in [2.24, 2.45) is 0 Å². The van der Waals surface area contributed by atoms with Crippen LogP contribution in [0.5, 0.6) is 0 Å². The van der Waals surface area contributed by atoms with Crippen LogP contribution in [0, 0.1) is 4.77 Å². The van der Waals surface area contributed by atoms with Gasteiger partial charge in [0.25, 0.3) is 0 Å². The number of rotatable bonds is 3. The Morgan fingerprint density at radius 3 is 3.00 bits per heavy atom. The lowest BCUT2D eigenvalue weighted by Crippen LogP contribution is -2.07. The summed E-state index contributed by atoms with van der Waals surface area (Å²) in [6.45, 7) is 1.61. The zero-order chi connectivity index (χ0) is 12.5. The van der Waals surface area contributed by atoms with Crippen LogP contribution in [0.2, 0.25) is 0 Å². The zero-order valence-electron chi connectivity index (χ0n) is 9.51. The highest BCUT2D eigenvalue weighted by Gasteiger charge is 2.04. The Kier molecular flexibility index (Phi) is 3.05. The molecule has 0 saturated carbocycles. The Hall–Kier alpha value is -1.40. The van der Waals surface area contributed by atoms with Gasteiger partial charge in [0, 0.05) is 23.4 Å². The maximum absolute atomic E-state index is 5.35. The van der Waals surface area contributed by atoms with Crippen LogP contribution in [-0.2, 0) is 13.1 Å². The van der Waals surface area contributed by atoms with Crippen LogP contribution < -0.4 is 0 Å². The third-order valence-corrected chi connectivity index (χ3v) is 3.66. The zero-order valence-corrected chi connectivity index (χ0v) is 11.9. The predicted molar refractivity (Wildman–Crippen MR) is 77.0 cm³/mol. The fraction of sp³-hybridized carbons (Fsp3) is 0.167. The average molecular weight is 323 g/mol. The van der Waals surface area contributed by atoms with Gasteiger partial charge >= 0.3 is 0 Å². The fourth-order valence-corrected chi connectivity index (χ4v) is 2.63. The molecule has 0 bridgehead atoms. The fourth-order valence-electron chi connectivity index (χ4n) is 1.98. The van der Waals surface area contributed by atoms with Gasteiger partial charge in [0.15, 0.2) is 4.77 Å². The molecule has 0 aliphatic rings. The molecule has 1 aromatic carbocycles. The quantitative estimate of drug-likeness (QED) is 0.751. The highest BCUT2D eigenvalue weighted by atomic mass is 79.9. The molecule has 1 N–H and O–H groups in total. The van der Waals surface area contributed by atoms with E-state index in [-0.39, 0.29) is 0 Å².